The summed E-state index contributed by atoms with van der Waals surface area (Å²) in [6.45, 7) is 5.38. The van der Waals surface area contributed by atoms with Crippen molar-refractivity contribution in [3.05, 3.63) is 95.6 Å². The van der Waals surface area contributed by atoms with Crippen molar-refractivity contribution in [3.8, 4) is 11.5 Å². The molecule has 0 amide bonds. The van der Waals surface area contributed by atoms with E-state index in [2.05, 4.69) is 6.92 Å². The van der Waals surface area contributed by atoms with Gasteiger partial charge in [0.25, 0.3) is 0 Å². The first-order valence-electron chi connectivity index (χ1n) is 9.88. The molecule has 1 unspecified atom stereocenters. The van der Waals surface area contributed by atoms with Crippen molar-refractivity contribution < 1.29 is 14.6 Å². The van der Waals surface area contributed by atoms with Gasteiger partial charge in [-0.1, -0.05) is 61.5 Å². The molecular formula is C25H28O3. The van der Waals surface area contributed by atoms with Crippen molar-refractivity contribution in [3.63, 3.8) is 0 Å². The molecule has 28 heavy (non-hydrogen) atoms. The van der Waals surface area contributed by atoms with Crippen LogP contribution in [-0.4, -0.2) is 18.3 Å². The van der Waals surface area contributed by atoms with Crippen molar-refractivity contribution in [2.45, 2.75) is 32.3 Å². The van der Waals surface area contributed by atoms with Gasteiger partial charge in [-0.05, 0) is 54.3 Å². The van der Waals surface area contributed by atoms with Gasteiger partial charge < -0.3 is 14.6 Å². The number of aliphatic hydroxyl groups is 1. The van der Waals surface area contributed by atoms with Crippen LogP contribution in [0.3, 0.4) is 0 Å². The zero-order valence-corrected chi connectivity index (χ0v) is 16.6. The molecule has 0 bridgehead atoms. The molecule has 0 aromatic heterocycles. The number of benzene rings is 3. The molecule has 1 atom stereocenters. The van der Waals surface area contributed by atoms with E-state index in [4.69, 9.17) is 9.47 Å². The summed E-state index contributed by atoms with van der Waals surface area (Å²) < 4.78 is 11.2. The number of hydrogen-bond donors (Lipinski definition) is 1. The van der Waals surface area contributed by atoms with E-state index in [1.54, 1.807) is 0 Å². The molecule has 3 rings (SSSR count). The van der Waals surface area contributed by atoms with E-state index in [-0.39, 0.29) is 0 Å². The van der Waals surface area contributed by atoms with Crippen molar-refractivity contribution >= 4 is 0 Å². The third kappa shape index (κ3) is 4.73. The fourth-order valence-corrected chi connectivity index (χ4v) is 3.30. The van der Waals surface area contributed by atoms with E-state index >= 15 is 0 Å². The maximum atomic E-state index is 11.8. The molecule has 0 radical (unpaired) electrons. The van der Waals surface area contributed by atoms with Gasteiger partial charge in [-0.3, -0.25) is 0 Å². The molecule has 3 aromatic rings. The zero-order valence-electron chi connectivity index (χ0n) is 16.6. The maximum Gasteiger partial charge on any atom is 0.119 e. The highest BCUT2D eigenvalue weighted by Gasteiger charge is 2.31. The highest BCUT2D eigenvalue weighted by atomic mass is 16.5. The van der Waals surface area contributed by atoms with Gasteiger partial charge in [-0.25, -0.2) is 0 Å². The van der Waals surface area contributed by atoms with Gasteiger partial charge in [0, 0.05) is 6.42 Å². The van der Waals surface area contributed by atoms with Crippen LogP contribution in [0.1, 0.15) is 37.0 Å². The minimum Gasteiger partial charge on any atom is -0.494 e. The van der Waals surface area contributed by atoms with Crippen molar-refractivity contribution in [1.82, 2.24) is 0 Å². The summed E-state index contributed by atoms with van der Waals surface area (Å²) in [5.74, 6) is 1.66. The Bertz CT molecular complexity index is 841. The largest absolute Gasteiger partial charge is 0.494 e. The zero-order chi connectivity index (χ0) is 19.8. The first-order valence-corrected chi connectivity index (χ1v) is 9.88. The molecular weight excluding hydrogens is 348 g/mol. The SMILES string of the molecule is CCCOc1ccc(CC(O)(c2ccccc2)c2ccc(OCC)cc2)cc1. The lowest BCUT2D eigenvalue weighted by molar-refractivity contribution is 0.0810. The standard InChI is InChI=1S/C25H28O3/c1-3-18-28-24-14-10-20(11-15-24)19-25(26,21-8-6-5-7-9-21)22-12-16-23(17-13-22)27-4-2/h5-17,26H,3-4,18-19H2,1-2H3. The Morgan fingerprint density at radius 1 is 0.714 bits per heavy atom. The van der Waals surface area contributed by atoms with Crippen LogP contribution in [0.4, 0.5) is 0 Å². The molecule has 1 N–H and O–H groups in total. The van der Waals surface area contributed by atoms with Crippen LogP contribution < -0.4 is 9.47 Å². The summed E-state index contributed by atoms with van der Waals surface area (Å²) in [4.78, 5) is 0. The Balaban J connectivity index is 1.91. The smallest absolute Gasteiger partial charge is 0.119 e. The summed E-state index contributed by atoms with van der Waals surface area (Å²) in [5, 5.41) is 11.8. The maximum absolute atomic E-state index is 11.8. The lowest BCUT2D eigenvalue weighted by atomic mass is 9.81. The summed E-state index contributed by atoms with van der Waals surface area (Å²) in [7, 11) is 0. The highest BCUT2D eigenvalue weighted by Crippen LogP contribution is 2.34. The van der Waals surface area contributed by atoms with Gasteiger partial charge >= 0.3 is 0 Å². The molecule has 0 aliphatic heterocycles. The van der Waals surface area contributed by atoms with E-state index in [0.29, 0.717) is 19.6 Å². The van der Waals surface area contributed by atoms with E-state index in [1.807, 2.05) is 85.8 Å². The third-order valence-corrected chi connectivity index (χ3v) is 4.75. The molecule has 0 spiro atoms. The Hall–Kier alpha value is -2.78. The van der Waals surface area contributed by atoms with Crippen LogP contribution in [0.5, 0.6) is 11.5 Å². The summed E-state index contributed by atoms with van der Waals surface area (Å²) >= 11 is 0. The summed E-state index contributed by atoms with van der Waals surface area (Å²) in [5.41, 5.74) is 1.63. The van der Waals surface area contributed by atoms with Gasteiger partial charge in [-0.15, -0.1) is 0 Å². The van der Waals surface area contributed by atoms with E-state index in [1.165, 1.54) is 0 Å². The molecule has 0 aliphatic rings. The molecule has 0 aliphatic carbocycles. The van der Waals surface area contributed by atoms with Crippen LogP contribution in [0.25, 0.3) is 0 Å². The summed E-state index contributed by atoms with van der Waals surface area (Å²) in [6, 6.07) is 25.5. The highest BCUT2D eigenvalue weighted by molar-refractivity contribution is 5.41. The Labute approximate surface area is 167 Å². The molecule has 3 aromatic carbocycles. The van der Waals surface area contributed by atoms with Crippen LogP contribution >= 0.6 is 0 Å². The van der Waals surface area contributed by atoms with Gasteiger partial charge in [0.15, 0.2) is 0 Å². The molecule has 0 fully saturated rings. The number of hydrogen-bond acceptors (Lipinski definition) is 3. The van der Waals surface area contributed by atoms with E-state index in [0.717, 1.165) is 34.6 Å². The van der Waals surface area contributed by atoms with Crippen LogP contribution in [-0.2, 0) is 12.0 Å². The molecule has 0 saturated heterocycles. The second-order valence-corrected chi connectivity index (χ2v) is 6.85. The monoisotopic (exact) mass is 376 g/mol. The Morgan fingerprint density at radius 3 is 1.89 bits per heavy atom. The Morgan fingerprint density at radius 2 is 1.29 bits per heavy atom. The van der Waals surface area contributed by atoms with Gasteiger partial charge in [0.2, 0.25) is 0 Å². The topological polar surface area (TPSA) is 38.7 Å². The second kappa shape index (κ2) is 9.43. The molecule has 0 heterocycles. The lowest BCUT2D eigenvalue weighted by Gasteiger charge is -2.30. The van der Waals surface area contributed by atoms with Crippen molar-refractivity contribution in [1.29, 1.82) is 0 Å². The minimum absolute atomic E-state index is 0.471. The molecule has 146 valence electrons. The predicted molar refractivity (Wildman–Crippen MR) is 113 cm³/mol. The van der Waals surface area contributed by atoms with Gasteiger partial charge in [0.05, 0.1) is 13.2 Å². The predicted octanol–water partition coefficient (Wildman–Crippen LogP) is 5.35. The third-order valence-electron chi connectivity index (χ3n) is 4.75. The summed E-state index contributed by atoms with van der Waals surface area (Å²) in [6.07, 6.45) is 1.45. The van der Waals surface area contributed by atoms with Crippen LogP contribution in [0.2, 0.25) is 0 Å². The molecule has 3 nitrogen and oxygen atoms in total. The quantitative estimate of drug-likeness (QED) is 0.547. The fraction of sp³-hybridized carbons (Fsp3) is 0.280. The molecule has 3 heteroatoms. The average molecular weight is 376 g/mol. The van der Waals surface area contributed by atoms with Crippen molar-refractivity contribution in [2.24, 2.45) is 0 Å². The number of rotatable bonds is 9. The van der Waals surface area contributed by atoms with Gasteiger partial charge in [0.1, 0.15) is 17.1 Å². The number of ether oxygens (including phenoxy) is 2. The van der Waals surface area contributed by atoms with E-state index in [9.17, 15) is 5.11 Å². The first-order chi connectivity index (χ1) is 13.7. The van der Waals surface area contributed by atoms with E-state index < -0.39 is 5.60 Å². The fourth-order valence-electron chi connectivity index (χ4n) is 3.30. The van der Waals surface area contributed by atoms with Crippen LogP contribution in [0.15, 0.2) is 78.9 Å². The average Bonchev–Trinajstić information content (AvgIpc) is 2.74. The minimum atomic E-state index is -1.13. The normalized spacial score (nSPS) is 13.0. The molecule has 0 saturated carbocycles. The second-order valence-electron chi connectivity index (χ2n) is 6.85. The van der Waals surface area contributed by atoms with Crippen LogP contribution in [0, 0.1) is 0 Å². The Kier molecular flexibility index (Phi) is 6.72. The van der Waals surface area contributed by atoms with Crippen molar-refractivity contribution in [2.75, 3.05) is 13.2 Å². The first kappa shape index (κ1) is 20.0. The lowest BCUT2D eigenvalue weighted by Crippen LogP contribution is -2.30. The van der Waals surface area contributed by atoms with Gasteiger partial charge in [-0.2, -0.15) is 0 Å².